The van der Waals surface area contributed by atoms with E-state index in [9.17, 15) is 21.9 Å². The highest BCUT2D eigenvalue weighted by Gasteiger charge is 2.30. The average Bonchev–Trinajstić information content (AvgIpc) is 2.75. The summed E-state index contributed by atoms with van der Waals surface area (Å²) < 4.78 is 60.4. The first-order chi connectivity index (χ1) is 15.4. The highest BCUT2D eigenvalue weighted by atomic mass is 35.5. The zero-order chi connectivity index (χ0) is 24.6. The first-order valence-electron chi connectivity index (χ1n) is 9.92. The molecular weight excluding hydrogens is 486 g/mol. The Balaban J connectivity index is 2.20. The van der Waals surface area contributed by atoms with Gasteiger partial charge in [-0.15, -0.1) is 0 Å². The third-order valence-corrected chi connectivity index (χ3v) is 8.72. The third kappa shape index (κ3) is 4.95. The van der Waals surface area contributed by atoms with E-state index in [-0.39, 0.29) is 31.9 Å². The van der Waals surface area contributed by atoms with Crippen LogP contribution in [0.3, 0.4) is 0 Å². The number of phenolic OH excluding ortho intramolecular Hbond substituents is 1. The molecule has 176 valence electrons. The van der Waals surface area contributed by atoms with Crippen LogP contribution in [0.25, 0.3) is 0 Å². The van der Waals surface area contributed by atoms with Gasteiger partial charge in [-0.25, -0.2) is 16.8 Å². The summed E-state index contributed by atoms with van der Waals surface area (Å²) in [6.45, 7) is 4.98. The molecule has 0 aliphatic heterocycles. The van der Waals surface area contributed by atoms with Crippen molar-refractivity contribution in [2.45, 2.75) is 41.4 Å². The van der Waals surface area contributed by atoms with Crippen molar-refractivity contribution in [3.63, 3.8) is 0 Å². The molecule has 0 spiro atoms. The Bertz CT molecular complexity index is 1380. The summed E-state index contributed by atoms with van der Waals surface area (Å²) in [4.78, 5) is -0.452. The van der Waals surface area contributed by atoms with Gasteiger partial charge in [0.25, 0.3) is 10.0 Å². The zero-order valence-electron chi connectivity index (χ0n) is 18.5. The molecule has 10 heteroatoms. The van der Waals surface area contributed by atoms with Gasteiger partial charge in [0.15, 0.2) is 0 Å². The average molecular weight is 510 g/mol. The number of nitrogens with one attached hydrogen (secondary N) is 1. The minimum Gasteiger partial charge on any atom is -0.506 e. The predicted molar refractivity (Wildman–Crippen MR) is 128 cm³/mol. The van der Waals surface area contributed by atoms with E-state index in [0.29, 0.717) is 16.3 Å². The molecule has 0 saturated carbocycles. The lowest BCUT2D eigenvalue weighted by Crippen LogP contribution is -2.16. The molecule has 2 N–H and O–H groups in total. The van der Waals surface area contributed by atoms with E-state index < -0.39 is 25.6 Å². The van der Waals surface area contributed by atoms with Crippen LogP contribution in [0.1, 0.15) is 30.9 Å². The van der Waals surface area contributed by atoms with Gasteiger partial charge >= 0.3 is 0 Å². The molecule has 0 aromatic heterocycles. The van der Waals surface area contributed by atoms with Crippen LogP contribution in [0.4, 0.5) is 5.69 Å². The van der Waals surface area contributed by atoms with Crippen molar-refractivity contribution in [3.8, 4) is 11.5 Å². The number of ether oxygens (including phenoxy) is 1. The van der Waals surface area contributed by atoms with Crippen molar-refractivity contribution in [2.75, 3.05) is 11.8 Å². The molecule has 0 fully saturated rings. The fraction of sp³-hybridized carbons (Fsp3) is 0.217. The van der Waals surface area contributed by atoms with Gasteiger partial charge in [0.1, 0.15) is 16.4 Å². The zero-order valence-corrected chi connectivity index (χ0v) is 20.8. The molecule has 0 amide bonds. The van der Waals surface area contributed by atoms with Crippen molar-refractivity contribution in [2.24, 2.45) is 0 Å². The summed E-state index contributed by atoms with van der Waals surface area (Å²) in [5.41, 5.74) is 0.422. The summed E-state index contributed by atoms with van der Waals surface area (Å²) in [5, 5.41) is 11.3. The Morgan fingerprint density at radius 1 is 0.939 bits per heavy atom. The number of hydrogen-bond acceptors (Lipinski definition) is 6. The Hall–Kier alpha value is -2.75. The maximum Gasteiger partial charge on any atom is 0.261 e. The van der Waals surface area contributed by atoms with E-state index in [4.69, 9.17) is 16.3 Å². The number of rotatable bonds is 7. The second-order valence-corrected chi connectivity index (χ2v) is 11.7. The standard InChI is InChI=1S/C23H24ClNO6S2/c1-14(2)20-13-21(25-33(29,30)19-9-5-16(24)6-10-19)15(3)23(22(20)26)32(27,28)18-11-7-17(31-4)8-12-18/h5-14,25-26H,1-4H3. The van der Waals surface area contributed by atoms with Crippen molar-refractivity contribution >= 4 is 37.1 Å². The minimum atomic E-state index is -4.19. The molecule has 3 aromatic rings. The lowest BCUT2D eigenvalue weighted by molar-refractivity contribution is 0.414. The monoisotopic (exact) mass is 509 g/mol. The summed E-state index contributed by atoms with van der Waals surface area (Å²) in [7, 11) is -6.77. The SMILES string of the molecule is COc1ccc(S(=O)(=O)c2c(C)c(NS(=O)(=O)c3ccc(Cl)cc3)cc(C(C)C)c2O)cc1. The highest BCUT2D eigenvalue weighted by Crippen LogP contribution is 2.41. The third-order valence-electron chi connectivity index (χ3n) is 5.16. The van der Waals surface area contributed by atoms with Crippen LogP contribution in [0, 0.1) is 6.92 Å². The number of anilines is 1. The topological polar surface area (TPSA) is 110 Å². The number of halogens is 1. The first kappa shape index (κ1) is 24.9. The normalized spacial score (nSPS) is 12.1. The maximum atomic E-state index is 13.5. The Labute approximate surface area is 199 Å². The van der Waals surface area contributed by atoms with Gasteiger partial charge in [-0.1, -0.05) is 25.4 Å². The maximum absolute atomic E-state index is 13.5. The van der Waals surface area contributed by atoms with Crippen LogP contribution in [0.2, 0.25) is 5.02 Å². The summed E-state index contributed by atoms with van der Waals surface area (Å²) >= 11 is 5.85. The summed E-state index contributed by atoms with van der Waals surface area (Å²) in [5.74, 6) is -0.218. The largest absolute Gasteiger partial charge is 0.506 e. The fourth-order valence-corrected chi connectivity index (χ4v) is 6.18. The first-order valence-corrected chi connectivity index (χ1v) is 13.3. The van der Waals surface area contributed by atoms with Crippen LogP contribution in [0.15, 0.2) is 69.3 Å². The molecule has 0 radical (unpaired) electrons. The smallest absolute Gasteiger partial charge is 0.261 e. The number of benzene rings is 3. The van der Waals surface area contributed by atoms with Gasteiger partial charge in [0.05, 0.1) is 22.6 Å². The quantitative estimate of drug-likeness (QED) is 0.428. The second kappa shape index (κ2) is 9.24. The van der Waals surface area contributed by atoms with Gasteiger partial charge in [-0.05, 0) is 78.6 Å². The van der Waals surface area contributed by atoms with E-state index >= 15 is 0 Å². The highest BCUT2D eigenvalue weighted by molar-refractivity contribution is 7.93. The molecule has 0 aliphatic rings. The molecule has 3 rings (SSSR count). The number of aromatic hydroxyl groups is 1. The molecule has 3 aromatic carbocycles. The number of methoxy groups -OCH3 is 1. The van der Waals surface area contributed by atoms with Gasteiger partial charge in [-0.3, -0.25) is 4.72 Å². The van der Waals surface area contributed by atoms with E-state index in [0.717, 1.165) is 0 Å². The van der Waals surface area contributed by atoms with Crippen LogP contribution in [-0.2, 0) is 19.9 Å². The van der Waals surface area contributed by atoms with Crippen molar-refractivity contribution in [3.05, 3.63) is 70.7 Å². The molecule has 0 unspecified atom stereocenters. The second-order valence-electron chi connectivity index (χ2n) is 7.71. The van der Waals surface area contributed by atoms with E-state index in [1.54, 1.807) is 13.8 Å². The van der Waals surface area contributed by atoms with Crippen molar-refractivity contribution in [1.82, 2.24) is 0 Å². The number of hydrogen-bond donors (Lipinski definition) is 2. The Kier molecular flexibility index (Phi) is 6.97. The van der Waals surface area contributed by atoms with E-state index in [1.807, 2.05) is 0 Å². The molecule has 0 saturated heterocycles. The molecular formula is C23H24ClNO6S2. The van der Waals surface area contributed by atoms with E-state index in [1.165, 1.54) is 68.6 Å². The van der Waals surface area contributed by atoms with Crippen LogP contribution in [-0.4, -0.2) is 29.1 Å². The summed E-state index contributed by atoms with van der Waals surface area (Å²) in [6.07, 6.45) is 0. The molecule has 7 nitrogen and oxygen atoms in total. The van der Waals surface area contributed by atoms with Gasteiger partial charge in [-0.2, -0.15) is 0 Å². The lowest BCUT2D eigenvalue weighted by Gasteiger charge is -2.20. The minimum absolute atomic E-state index is 0.0370. The van der Waals surface area contributed by atoms with Crippen molar-refractivity contribution < 1.29 is 26.7 Å². The number of phenols is 1. The number of sulfonamides is 1. The molecule has 33 heavy (non-hydrogen) atoms. The lowest BCUT2D eigenvalue weighted by atomic mass is 9.99. The number of sulfone groups is 1. The van der Waals surface area contributed by atoms with Gasteiger partial charge in [0, 0.05) is 5.02 Å². The Morgan fingerprint density at radius 3 is 2.00 bits per heavy atom. The van der Waals surface area contributed by atoms with Crippen LogP contribution < -0.4 is 9.46 Å². The molecule has 0 heterocycles. The van der Waals surface area contributed by atoms with Crippen LogP contribution >= 0.6 is 11.6 Å². The summed E-state index contributed by atoms with van der Waals surface area (Å²) in [6, 6.07) is 12.8. The molecule has 0 aliphatic carbocycles. The molecule has 0 atom stereocenters. The van der Waals surface area contributed by atoms with E-state index in [2.05, 4.69) is 4.72 Å². The Morgan fingerprint density at radius 2 is 1.48 bits per heavy atom. The van der Waals surface area contributed by atoms with Crippen LogP contribution in [0.5, 0.6) is 11.5 Å². The van der Waals surface area contributed by atoms with Gasteiger partial charge in [0.2, 0.25) is 9.84 Å². The van der Waals surface area contributed by atoms with Crippen molar-refractivity contribution in [1.29, 1.82) is 0 Å². The molecule has 0 bridgehead atoms. The van der Waals surface area contributed by atoms with Gasteiger partial charge < -0.3 is 9.84 Å². The predicted octanol–water partition coefficient (Wildman–Crippen LogP) is 5.12. The fourth-order valence-electron chi connectivity index (χ4n) is 3.33.